The van der Waals surface area contributed by atoms with Gasteiger partial charge in [-0.25, -0.2) is 14.4 Å². The molecule has 2 aromatic heterocycles. The van der Waals surface area contributed by atoms with Crippen molar-refractivity contribution in [2.24, 2.45) is 0 Å². The highest BCUT2D eigenvalue weighted by molar-refractivity contribution is 5.54. The van der Waals surface area contributed by atoms with Crippen LogP contribution in [0.15, 0.2) is 55.0 Å². The predicted octanol–water partition coefficient (Wildman–Crippen LogP) is 3.35. The zero-order valence-corrected chi connectivity index (χ0v) is 15.5. The number of hydrogen-bond acceptors (Lipinski definition) is 5. The van der Waals surface area contributed by atoms with Gasteiger partial charge in [-0.2, -0.15) is 0 Å². The van der Waals surface area contributed by atoms with Crippen molar-refractivity contribution < 1.29 is 9.13 Å². The topological polar surface area (TPSA) is 51.1 Å². The second-order valence-corrected chi connectivity index (χ2v) is 7.67. The van der Waals surface area contributed by atoms with Gasteiger partial charge in [-0.3, -0.25) is 9.88 Å². The fourth-order valence-corrected chi connectivity index (χ4v) is 4.28. The standard InChI is InChI=1S/C22H21FN4O/c23-19-5-3-16(4-6-19)12-27-9-7-22(14-27)15-28-13-18-11-25-21(26-20(18)22)17-2-1-8-24-10-17/h1-6,8,10-11H,7,9,12-15H2/t22-/m0/s1. The minimum absolute atomic E-state index is 0.118. The summed E-state index contributed by atoms with van der Waals surface area (Å²) in [6.07, 6.45) is 6.43. The molecule has 1 fully saturated rings. The molecule has 0 bridgehead atoms. The highest BCUT2D eigenvalue weighted by Crippen LogP contribution is 2.40. The van der Waals surface area contributed by atoms with E-state index in [0.29, 0.717) is 19.0 Å². The summed E-state index contributed by atoms with van der Waals surface area (Å²) in [6, 6.07) is 10.6. The molecule has 0 N–H and O–H groups in total. The molecule has 5 nitrogen and oxygen atoms in total. The van der Waals surface area contributed by atoms with Gasteiger partial charge < -0.3 is 4.74 Å². The zero-order chi connectivity index (χ0) is 19.0. The Kier molecular flexibility index (Phi) is 4.37. The first-order valence-electron chi connectivity index (χ1n) is 9.53. The van der Waals surface area contributed by atoms with E-state index in [9.17, 15) is 4.39 Å². The molecule has 4 heterocycles. The van der Waals surface area contributed by atoms with Crippen LogP contribution in [0.3, 0.4) is 0 Å². The number of hydrogen-bond donors (Lipinski definition) is 0. The van der Waals surface area contributed by atoms with Crippen molar-refractivity contribution in [1.29, 1.82) is 0 Å². The number of rotatable bonds is 3. The highest BCUT2D eigenvalue weighted by Gasteiger charge is 2.44. The first kappa shape index (κ1) is 17.4. The molecule has 2 aliphatic heterocycles. The summed E-state index contributed by atoms with van der Waals surface area (Å²) in [7, 11) is 0. The molecule has 1 atom stereocenters. The van der Waals surface area contributed by atoms with Crippen LogP contribution in [-0.4, -0.2) is 39.5 Å². The third kappa shape index (κ3) is 3.19. The lowest BCUT2D eigenvalue weighted by molar-refractivity contribution is 0.0503. The van der Waals surface area contributed by atoms with Crippen LogP contribution in [0, 0.1) is 5.82 Å². The van der Waals surface area contributed by atoms with Gasteiger partial charge >= 0.3 is 0 Å². The van der Waals surface area contributed by atoms with E-state index in [-0.39, 0.29) is 11.2 Å². The van der Waals surface area contributed by atoms with E-state index in [1.54, 1.807) is 12.4 Å². The zero-order valence-electron chi connectivity index (χ0n) is 15.5. The molecule has 6 heteroatoms. The molecule has 1 aromatic carbocycles. The van der Waals surface area contributed by atoms with E-state index in [1.165, 1.54) is 12.1 Å². The maximum absolute atomic E-state index is 13.2. The van der Waals surface area contributed by atoms with Crippen LogP contribution >= 0.6 is 0 Å². The Bertz CT molecular complexity index is 980. The number of ether oxygens (including phenoxy) is 1. The predicted molar refractivity (Wildman–Crippen MR) is 103 cm³/mol. The van der Waals surface area contributed by atoms with Crippen LogP contribution in [0.25, 0.3) is 11.4 Å². The van der Waals surface area contributed by atoms with Crippen LogP contribution in [-0.2, 0) is 23.3 Å². The number of likely N-dealkylation sites (tertiary alicyclic amines) is 1. The molecular formula is C22H21FN4O. The molecule has 0 unspecified atom stereocenters. The second kappa shape index (κ2) is 7.04. The molecule has 2 aliphatic rings. The van der Waals surface area contributed by atoms with Crippen molar-refractivity contribution in [2.45, 2.75) is 25.0 Å². The molecule has 0 saturated carbocycles. The van der Waals surface area contributed by atoms with Crippen molar-refractivity contribution in [1.82, 2.24) is 19.9 Å². The van der Waals surface area contributed by atoms with Crippen LogP contribution in [0.5, 0.6) is 0 Å². The molecule has 0 radical (unpaired) electrons. The summed E-state index contributed by atoms with van der Waals surface area (Å²) in [5, 5.41) is 0. The first-order chi connectivity index (χ1) is 13.7. The molecular weight excluding hydrogens is 355 g/mol. The maximum atomic E-state index is 13.2. The SMILES string of the molecule is Fc1ccc(CN2CC[C@@]3(COCc4cnc(-c5cccnc5)nc43)C2)cc1. The second-order valence-electron chi connectivity index (χ2n) is 7.67. The lowest BCUT2D eigenvalue weighted by atomic mass is 9.80. The minimum Gasteiger partial charge on any atom is -0.376 e. The van der Waals surface area contributed by atoms with Gasteiger partial charge in [0, 0.05) is 42.8 Å². The molecule has 5 rings (SSSR count). The average molecular weight is 376 g/mol. The van der Waals surface area contributed by atoms with Crippen LogP contribution in [0.2, 0.25) is 0 Å². The number of benzene rings is 1. The summed E-state index contributed by atoms with van der Waals surface area (Å²) in [5.74, 6) is 0.515. The van der Waals surface area contributed by atoms with Gasteiger partial charge in [0.15, 0.2) is 5.82 Å². The van der Waals surface area contributed by atoms with Crippen LogP contribution in [0.1, 0.15) is 23.2 Å². The first-order valence-corrected chi connectivity index (χ1v) is 9.53. The quantitative estimate of drug-likeness (QED) is 0.702. The van der Waals surface area contributed by atoms with Gasteiger partial charge in [0.25, 0.3) is 0 Å². The van der Waals surface area contributed by atoms with Gasteiger partial charge in [-0.1, -0.05) is 12.1 Å². The van der Waals surface area contributed by atoms with E-state index >= 15 is 0 Å². The maximum Gasteiger partial charge on any atom is 0.160 e. The third-order valence-electron chi connectivity index (χ3n) is 5.67. The molecule has 3 aromatic rings. The van der Waals surface area contributed by atoms with Crippen LogP contribution < -0.4 is 0 Å². The van der Waals surface area contributed by atoms with Gasteiger partial charge in [0.05, 0.1) is 24.3 Å². The Hall–Kier alpha value is -2.70. The monoisotopic (exact) mass is 376 g/mol. The molecule has 1 saturated heterocycles. The normalized spacial score (nSPS) is 21.8. The number of nitrogens with zero attached hydrogens (tertiary/aromatic N) is 4. The summed E-state index contributed by atoms with van der Waals surface area (Å²) in [6.45, 7) is 3.87. The van der Waals surface area contributed by atoms with E-state index < -0.39 is 0 Å². The smallest absolute Gasteiger partial charge is 0.160 e. The van der Waals surface area contributed by atoms with E-state index in [4.69, 9.17) is 9.72 Å². The van der Waals surface area contributed by atoms with Gasteiger partial charge in [-0.05, 0) is 42.8 Å². The minimum atomic E-state index is -0.198. The van der Waals surface area contributed by atoms with Gasteiger partial charge in [-0.15, -0.1) is 0 Å². The Morgan fingerprint density at radius 2 is 2.04 bits per heavy atom. The average Bonchev–Trinajstić information content (AvgIpc) is 3.13. The number of aromatic nitrogens is 3. The summed E-state index contributed by atoms with van der Waals surface area (Å²) in [5.41, 5.74) is 4.10. The Labute approximate surface area is 163 Å². The van der Waals surface area contributed by atoms with Crippen LogP contribution in [0.4, 0.5) is 4.39 Å². The largest absolute Gasteiger partial charge is 0.376 e. The van der Waals surface area contributed by atoms with Crippen molar-refractivity contribution >= 4 is 0 Å². The molecule has 1 spiro atoms. The Morgan fingerprint density at radius 3 is 2.86 bits per heavy atom. The van der Waals surface area contributed by atoms with E-state index in [1.807, 2.05) is 30.5 Å². The molecule has 0 aliphatic carbocycles. The Balaban J connectivity index is 1.43. The van der Waals surface area contributed by atoms with Crippen molar-refractivity contribution in [3.05, 3.63) is 77.6 Å². The summed E-state index contributed by atoms with van der Waals surface area (Å²) in [4.78, 5) is 16.1. The summed E-state index contributed by atoms with van der Waals surface area (Å²) >= 11 is 0. The lowest BCUT2D eigenvalue weighted by Crippen LogP contribution is -2.40. The van der Waals surface area contributed by atoms with Gasteiger partial charge in [0.1, 0.15) is 5.82 Å². The fraction of sp³-hybridized carbons (Fsp3) is 0.318. The van der Waals surface area contributed by atoms with Crippen molar-refractivity contribution in [2.75, 3.05) is 19.7 Å². The number of pyridine rings is 1. The van der Waals surface area contributed by atoms with E-state index in [0.717, 1.165) is 48.4 Å². The van der Waals surface area contributed by atoms with Crippen molar-refractivity contribution in [3.63, 3.8) is 0 Å². The van der Waals surface area contributed by atoms with E-state index in [2.05, 4.69) is 14.9 Å². The van der Waals surface area contributed by atoms with Crippen molar-refractivity contribution in [3.8, 4) is 11.4 Å². The fourth-order valence-electron chi connectivity index (χ4n) is 4.28. The van der Waals surface area contributed by atoms with Gasteiger partial charge in [0.2, 0.25) is 0 Å². The Morgan fingerprint density at radius 1 is 1.14 bits per heavy atom. The number of halogens is 1. The number of fused-ring (bicyclic) bond motifs is 2. The third-order valence-corrected chi connectivity index (χ3v) is 5.67. The molecule has 28 heavy (non-hydrogen) atoms. The summed E-state index contributed by atoms with van der Waals surface area (Å²) < 4.78 is 19.1. The lowest BCUT2D eigenvalue weighted by Gasteiger charge is -2.34. The highest BCUT2D eigenvalue weighted by atomic mass is 19.1. The molecule has 142 valence electrons. The molecule has 0 amide bonds.